The second-order valence-electron chi connectivity index (χ2n) is 2.76. The molecule has 0 saturated heterocycles. The highest BCUT2D eigenvalue weighted by atomic mass is 35.5. The number of benzene rings is 1. The molecule has 0 aromatic heterocycles. The Morgan fingerprint density at radius 1 is 1.38 bits per heavy atom. The molecule has 0 spiro atoms. The highest BCUT2D eigenvalue weighted by Crippen LogP contribution is 2.28. The fourth-order valence-electron chi connectivity index (χ4n) is 1.00. The number of ether oxygens (including phenoxy) is 1. The van der Waals surface area contributed by atoms with Crippen LogP contribution in [0, 0.1) is 5.41 Å². The molecule has 1 N–H and O–H groups in total. The molecule has 0 amide bonds. The number of hydrogen-bond donors (Lipinski definition) is 1. The zero-order valence-corrected chi connectivity index (χ0v) is 9.63. The Morgan fingerprint density at radius 2 is 2.00 bits per heavy atom. The molecule has 0 radical (unpaired) electrons. The van der Waals surface area contributed by atoms with E-state index in [2.05, 4.69) is 4.74 Å². The lowest BCUT2D eigenvalue weighted by Crippen LogP contribution is -2.17. The van der Waals surface area contributed by atoms with Crippen molar-refractivity contribution in [2.45, 2.75) is 6.36 Å². The molecule has 7 heteroatoms. The third-order valence-corrected chi connectivity index (χ3v) is 2.43. The summed E-state index contributed by atoms with van der Waals surface area (Å²) < 4.78 is 39.6. The maximum atomic E-state index is 12.0. The van der Waals surface area contributed by atoms with Crippen molar-refractivity contribution in [1.82, 2.24) is 0 Å². The monoisotopic (exact) mass is 269 g/mol. The van der Waals surface area contributed by atoms with E-state index in [-0.39, 0.29) is 10.1 Å². The Balaban J connectivity index is 3.03. The van der Waals surface area contributed by atoms with Crippen molar-refractivity contribution in [3.8, 4) is 5.75 Å². The minimum atomic E-state index is -4.76. The van der Waals surface area contributed by atoms with Crippen molar-refractivity contribution in [2.24, 2.45) is 0 Å². The van der Waals surface area contributed by atoms with Crippen LogP contribution >= 0.6 is 23.4 Å². The van der Waals surface area contributed by atoms with E-state index < -0.39 is 12.1 Å². The summed E-state index contributed by atoms with van der Waals surface area (Å²) in [6, 6.07) is 3.58. The molecular weight excluding hydrogens is 263 g/mol. The van der Waals surface area contributed by atoms with Crippen LogP contribution < -0.4 is 4.74 Å². The van der Waals surface area contributed by atoms with Gasteiger partial charge < -0.3 is 4.74 Å². The van der Waals surface area contributed by atoms with E-state index in [1.807, 2.05) is 0 Å². The quantitative estimate of drug-likeness (QED) is 0.652. The highest BCUT2D eigenvalue weighted by molar-refractivity contribution is 8.13. The Bertz CT molecular complexity index is 408. The molecule has 0 aliphatic heterocycles. The Hall–Kier alpha value is -0.880. The van der Waals surface area contributed by atoms with Crippen LogP contribution in [0.25, 0.3) is 0 Å². The molecule has 1 aromatic rings. The van der Waals surface area contributed by atoms with Crippen molar-refractivity contribution < 1.29 is 17.9 Å². The van der Waals surface area contributed by atoms with Crippen LogP contribution in [0.2, 0.25) is 5.02 Å². The van der Waals surface area contributed by atoms with Crippen molar-refractivity contribution in [3.63, 3.8) is 0 Å². The van der Waals surface area contributed by atoms with Gasteiger partial charge in [-0.2, -0.15) is 0 Å². The van der Waals surface area contributed by atoms with E-state index >= 15 is 0 Å². The van der Waals surface area contributed by atoms with Gasteiger partial charge in [0.2, 0.25) is 0 Å². The molecule has 0 saturated carbocycles. The van der Waals surface area contributed by atoms with Gasteiger partial charge in [-0.05, 0) is 24.5 Å². The maximum absolute atomic E-state index is 12.0. The average Bonchev–Trinajstić information content (AvgIpc) is 2.12. The van der Waals surface area contributed by atoms with Gasteiger partial charge in [-0.15, -0.1) is 24.9 Å². The number of hydrogen-bond acceptors (Lipinski definition) is 3. The summed E-state index contributed by atoms with van der Waals surface area (Å²) in [5.74, 6) is -0.422. The summed E-state index contributed by atoms with van der Waals surface area (Å²) >= 11 is 6.73. The van der Waals surface area contributed by atoms with Gasteiger partial charge in [-0.25, -0.2) is 0 Å². The summed E-state index contributed by atoms with van der Waals surface area (Å²) in [5, 5.41) is 7.68. The summed E-state index contributed by atoms with van der Waals surface area (Å²) in [6.07, 6.45) is -3.11. The predicted octanol–water partition coefficient (Wildman–Crippen LogP) is 3.93. The fourth-order valence-corrected chi connectivity index (χ4v) is 1.58. The third kappa shape index (κ3) is 3.94. The maximum Gasteiger partial charge on any atom is 0.573 e. The van der Waals surface area contributed by atoms with Gasteiger partial charge in [0.05, 0.1) is 5.04 Å². The summed E-state index contributed by atoms with van der Waals surface area (Å²) in [4.78, 5) is 0. The molecule has 0 bridgehead atoms. The molecule has 0 atom stereocenters. The van der Waals surface area contributed by atoms with Crippen LogP contribution in [-0.4, -0.2) is 17.7 Å². The number of thioether (sulfide) groups is 1. The lowest BCUT2D eigenvalue weighted by atomic mass is 10.2. The van der Waals surface area contributed by atoms with Crippen LogP contribution in [-0.2, 0) is 0 Å². The minimum absolute atomic E-state index is 0.0931. The number of alkyl halides is 3. The SMILES string of the molecule is CSC(=N)c1cc(Cl)cc(OC(F)(F)F)c1. The average molecular weight is 270 g/mol. The van der Waals surface area contributed by atoms with E-state index in [9.17, 15) is 13.2 Å². The molecule has 0 heterocycles. The van der Waals surface area contributed by atoms with Crippen LogP contribution in [0.4, 0.5) is 13.2 Å². The first kappa shape index (κ1) is 13.2. The molecular formula is C9H7ClF3NOS. The molecule has 16 heavy (non-hydrogen) atoms. The summed E-state index contributed by atoms with van der Waals surface area (Å²) in [7, 11) is 0. The highest BCUT2D eigenvalue weighted by Gasteiger charge is 2.31. The van der Waals surface area contributed by atoms with E-state index in [0.29, 0.717) is 5.56 Å². The van der Waals surface area contributed by atoms with Gasteiger partial charge in [0.15, 0.2) is 0 Å². The van der Waals surface area contributed by atoms with Gasteiger partial charge in [0.25, 0.3) is 0 Å². The predicted molar refractivity (Wildman–Crippen MR) is 58.5 cm³/mol. The van der Waals surface area contributed by atoms with E-state index in [0.717, 1.165) is 23.9 Å². The fraction of sp³-hybridized carbons (Fsp3) is 0.222. The minimum Gasteiger partial charge on any atom is -0.406 e. The van der Waals surface area contributed by atoms with Crippen LogP contribution in [0.15, 0.2) is 18.2 Å². The second-order valence-corrected chi connectivity index (χ2v) is 4.01. The Kier molecular flexibility index (Phi) is 4.09. The van der Waals surface area contributed by atoms with E-state index in [4.69, 9.17) is 17.0 Å². The van der Waals surface area contributed by atoms with Gasteiger partial charge in [0, 0.05) is 10.6 Å². The summed E-state index contributed by atoms with van der Waals surface area (Å²) in [6.45, 7) is 0. The van der Waals surface area contributed by atoms with Crippen LogP contribution in [0.5, 0.6) is 5.75 Å². The molecule has 0 aliphatic carbocycles. The zero-order chi connectivity index (χ0) is 12.3. The Morgan fingerprint density at radius 3 is 2.50 bits per heavy atom. The lowest BCUT2D eigenvalue weighted by Gasteiger charge is -2.10. The van der Waals surface area contributed by atoms with Gasteiger partial charge >= 0.3 is 6.36 Å². The third-order valence-electron chi connectivity index (χ3n) is 1.57. The number of halogens is 4. The Labute approximate surface area is 99.2 Å². The standard InChI is InChI=1S/C9H7ClF3NOS/c1-16-8(14)5-2-6(10)4-7(3-5)15-9(11,12)13/h2-4,14H,1H3. The lowest BCUT2D eigenvalue weighted by molar-refractivity contribution is -0.274. The number of nitrogens with one attached hydrogen (secondary N) is 1. The zero-order valence-electron chi connectivity index (χ0n) is 8.06. The summed E-state index contributed by atoms with van der Waals surface area (Å²) in [5.41, 5.74) is 0.291. The van der Waals surface area contributed by atoms with Crippen molar-refractivity contribution in [1.29, 1.82) is 5.41 Å². The van der Waals surface area contributed by atoms with Crippen LogP contribution in [0.3, 0.4) is 0 Å². The normalized spacial score (nSPS) is 11.3. The largest absolute Gasteiger partial charge is 0.573 e. The van der Waals surface area contributed by atoms with Crippen molar-refractivity contribution in [2.75, 3.05) is 6.26 Å². The first-order valence-electron chi connectivity index (χ1n) is 4.01. The van der Waals surface area contributed by atoms with Gasteiger partial charge in [-0.1, -0.05) is 11.6 Å². The molecule has 0 unspecified atom stereocenters. The second kappa shape index (κ2) is 4.97. The van der Waals surface area contributed by atoms with Crippen LogP contribution in [0.1, 0.15) is 5.56 Å². The van der Waals surface area contributed by atoms with E-state index in [1.165, 1.54) is 6.07 Å². The first-order chi connectivity index (χ1) is 7.31. The van der Waals surface area contributed by atoms with Gasteiger partial charge in [-0.3, -0.25) is 5.41 Å². The molecule has 0 fully saturated rings. The van der Waals surface area contributed by atoms with Crippen molar-refractivity contribution >= 4 is 28.4 Å². The van der Waals surface area contributed by atoms with Crippen molar-refractivity contribution in [3.05, 3.63) is 28.8 Å². The molecule has 2 nitrogen and oxygen atoms in total. The number of rotatable bonds is 2. The molecule has 1 aromatic carbocycles. The molecule has 1 rings (SSSR count). The van der Waals surface area contributed by atoms with Gasteiger partial charge in [0.1, 0.15) is 5.75 Å². The molecule has 0 aliphatic rings. The smallest absolute Gasteiger partial charge is 0.406 e. The first-order valence-corrected chi connectivity index (χ1v) is 5.61. The molecule has 88 valence electrons. The topological polar surface area (TPSA) is 33.1 Å². The van der Waals surface area contributed by atoms with E-state index in [1.54, 1.807) is 6.26 Å².